The van der Waals surface area contributed by atoms with Crippen molar-refractivity contribution in [2.75, 3.05) is 0 Å². The van der Waals surface area contributed by atoms with Gasteiger partial charge >= 0.3 is 6.85 Å². The fourth-order valence-electron chi connectivity index (χ4n) is 12.0. The van der Waals surface area contributed by atoms with Crippen LogP contribution in [0.2, 0.25) is 0 Å². The van der Waals surface area contributed by atoms with Crippen molar-refractivity contribution in [3.63, 3.8) is 0 Å². The van der Waals surface area contributed by atoms with E-state index in [-0.39, 0.29) is 33.9 Å². The highest BCUT2D eigenvalue weighted by Gasteiger charge is 2.43. The van der Waals surface area contributed by atoms with Crippen molar-refractivity contribution in [3.05, 3.63) is 173 Å². The molecule has 0 atom stereocenters. The highest BCUT2D eigenvalue weighted by Crippen LogP contribution is 2.48. The minimum absolute atomic E-state index is 0.00788. The number of nitrogens with zero attached hydrogens (tertiary/aromatic N) is 2. The Kier molecular flexibility index (Phi) is 9.62. The SMILES string of the molecule is CC(C)(C)c1ccc(-c2cc3c4c(c2)c2cc(C(C)(C)C)ccc2n4B2c4c-3cc(C(C)(C)C)cc4-n3c4ccc(-c5ccc(C(C)(C)C)cc5)cc4c4cc(-c5ccc(C(C)(C)C)cc5)cc2c43)cc1. The lowest BCUT2D eigenvalue weighted by Gasteiger charge is -2.36. The van der Waals surface area contributed by atoms with Crippen LogP contribution in [-0.2, 0) is 27.1 Å². The minimum atomic E-state index is -0.0931. The van der Waals surface area contributed by atoms with E-state index in [0.29, 0.717) is 0 Å². The van der Waals surface area contributed by atoms with Crippen LogP contribution in [0, 0.1) is 0 Å². The zero-order valence-corrected chi connectivity index (χ0v) is 44.8. The minimum Gasteiger partial charge on any atom is -0.375 e. The average Bonchev–Trinajstić information content (AvgIpc) is 3.82. The summed E-state index contributed by atoms with van der Waals surface area (Å²) in [6, 6.07) is 57.9. The van der Waals surface area contributed by atoms with Gasteiger partial charge in [0.25, 0.3) is 0 Å². The molecule has 0 fully saturated rings. The standard InChI is InChI=1S/C68H69BN2/c1-64(2,3)46-23-16-40(17-24-46)43-22-30-58-51(32-43)55-35-45(42-20-27-48(28-21-42)66(7,8)9)36-57-63(55)70(58)60-39-50(68(13,14)15)38-53-56-34-44(41-18-25-47(26-19-41)65(4,5)6)33-54-52-37-49(67(10,11)12)29-31-59(52)71(62(54)56)69(57)61(53)60/h16-39H,1-15H3. The van der Waals surface area contributed by atoms with E-state index in [9.17, 15) is 0 Å². The molecule has 71 heavy (non-hydrogen) atoms. The van der Waals surface area contributed by atoms with E-state index in [4.69, 9.17) is 0 Å². The molecule has 4 heterocycles. The number of fused-ring (bicyclic) bond motifs is 10. The Hall–Kier alpha value is -6.58. The normalized spacial score (nSPS) is 13.8. The Bertz CT molecular complexity index is 3840. The van der Waals surface area contributed by atoms with Gasteiger partial charge in [-0.3, -0.25) is 0 Å². The largest absolute Gasteiger partial charge is 0.375 e. The Morgan fingerprint density at radius 1 is 0.310 bits per heavy atom. The van der Waals surface area contributed by atoms with Gasteiger partial charge in [0.2, 0.25) is 0 Å². The first-order chi connectivity index (χ1) is 33.3. The molecule has 10 aromatic rings. The maximum atomic E-state index is 2.76. The Morgan fingerprint density at radius 2 is 0.732 bits per heavy atom. The predicted molar refractivity (Wildman–Crippen MR) is 309 cm³/mol. The van der Waals surface area contributed by atoms with E-state index in [1.807, 2.05) is 0 Å². The lowest BCUT2D eigenvalue weighted by Crippen LogP contribution is -2.55. The van der Waals surface area contributed by atoms with E-state index in [1.165, 1.54) is 133 Å². The molecule has 0 saturated heterocycles. The summed E-state index contributed by atoms with van der Waals surface area (Å²) >= 11 is 0. The Morgan fingerprint density at radius 3 is 1.25 bits per heavy atom. The first kappa shape index (κ1) is 45.6. The van der Waals surface area contributed by atoms with Gasteiger partial charge in [-0.05, 0) is 153 Å². The van der Waals surface area contributed by atoms with Crippen molar-refractivity contribution in [3.8, 4) is 50.2 Å². The second kappa shape index (κ2) is 15.0. The van der Waals surface area contributed by atoms with Gasteiger partial charge in [-0.25, -0.2) is 0 Å². The third kappa shape index (κ3) is 7.11. The molecular weight excluding hydrogens is 856 g/mol. The summed E-state index contributed by atoms with van der Waals surface area (Å²) in [5.41, 5.74) is 26.2. The maximum Gasteiger partial charge on any atom is 0.333 e. The van der Waals surface area contributed by atoms with Crippen LogP contribution in [-0.4, -0.2) is 15.9 Å². The molecular formula is C68H69BN2. The summed E-state index contributed by atoms with van der Waals surface area (Å²) in [4.78, 5) is 0. The maximum absolute atomic E-state index is 2.76. The second-order valence-corrected chi connectivity index (χ2v) is 26.4. The summed E-state index contributed by atoms with van der Waals surface area (Å²) in [6.45, 7) is 34.8. The van der Waals surface area contributed by atoms with Gasteiger partial charge in [0.05, 0.1) is 11.0 Å². The smallest absolute Gasteiger partial charge is 0.333 e. The molecule has 12 rings (SSSR count). The monoisotopic (exact) mass is 925 g/mol. The molecule has 2 nitrogen and oxygen atoms in total. The van der Waals surface area contributed by atoms with Crippen molar-refractivity contribution in [2.45, 2.75) is 131 Å². The molecule has 354 valence electrons. The van der Waals surface area contributed by atoms with Gasteiger partial charge in [-0.1, -0.05) is 201 Å². The summed E-state index contributed by atoms with van der Waals surface area (Å²) in [5, 5.41) is 5.24. The molecule has 0 amide bonds. The lowest BCUT2D eigenvalue weighted by atomic mass is 9.45. The second-order valence-electron chi connectivity index (χ2n) is 26.4. The van der Waals surface area contributed by atoms with Gasteiger partial charge in [0.1, 0.15) is 0 Å². The number of aromatic nitrogens is 2. The highest BCUT2D eigenvalue weighted by molar-refractivity contribution is 6.90. The molecule has 0 bridgehead atoms. The third-order valence-corrected chi connectivity index (χ3v) is 16.3. The molecule has 2 aromatic heterocycles. The molecule has 0 radical (unpaired) electrons. The zero-order valence-electron chi connectivity index (χ0n) is 44.8. The van der Waals surface area contributed by atoms with Gasteiger partial charge in [-0.15, -0.1) is 0 Å². The number of benzene rings is 8. The molecule has 0 saturated carbocycles. The fourth-order valence-corrected chi connectivity index (χ4v) is 12.0. The van der Waals surface area contributed by atoms with Crippen molar-refractivity contribution < 1.29 is 0 Å². The first-order valence-electron chi connectivity index (χ1n) is 26.1. The van der Waals surface area contributed by atoms with Crippen LogP contribution in [0.15, 0.2) is 146 Å². The average molecular weight is 925 g/mol. The topological polar surface area (TPSA) is 9.86 Å². The molecule has 3 heteroatoms. The van der Waals surface area contributed by atoms with Crippen LogP contribution in [0.1, 0.15) is 132 Å². The third-order valence-electron chi connectivity index (χ3n) is 16.3. The first-order valence-corrected chi connectivity index (χ1v) is 26.1. The van der Waals surface area contributed by atoms with Crippen LogP contribution in [0.5, 0.6) is 0 Å². The molecule has 2 aliphatic rings. The van der Waals surface area contributed by atoms with Gasteiger partial charge in [0, 0.05) is 43.8 Å². The van der Waals surface area contributed by atoms with Gasteiger partial charge < -0.3 is 9.05 Å². The fraction of sp³-hybridized carbons (Fsp3) is 0.294. The Labute approximate surface area is 422 Å². The van der Waals surface area contributed by atoms with E-state index in [0.717, 1.165) is 0 Å². The molecule has 0 N–H and O–H groups in total. The molecule has 8 aromatic carbocycles. The quantitative estimate of drug-likeness (QED) is 0.156. The van der Waals surface area contributed by atoms with Gasteiger partial charge in [-0.2, -0.15) is 0 Å². The van der Waals surface area contributed by atoms with E-state index in [1.54, 1.807) is 0 Å². The Balaban J connectivity index is 1.22. The van der Waals surface area contributed by atoms with E-state index in [2.05, 4.69) is 258 Å². The zero-order chi connectivity index (χ0) is 50.1. The summed E-state index contributed by atoms with van der Waals surface area (Å²) in [7, 11) is 0. The van der Waals surface area contributed by atoms with Crippen molar-refractivity contribution in [2.24, 2.45) is 0 Å². The van der Waals surface area contributed by atoms with Crippen LogP contribution in [0.25, 0.3) is 93.8 Å². The number of hydrogen-bond donors (Lipinski definition) is 0. The van der Waals surface area contributed by atoms with Crippen LogP contribution < -0.4 is 10.9 Å². The number of rotatable bonds is 3. The van der Waals surface area contributed by atoms with Gasteiger partial charge in [0.15, 0.2) is 0 Å². The van der Waals surface area contributed by atoms with Crippen molar-refractivity contribution in [1.29, 1.82) is 0 Å². The summed E-state index contributed by atoms with van der Waals surface area (Å²) in [5.74, 6) is 0. The van der Waals surface area contributed by atoms with E-state index < -0.39 is 0 Å². The van der Waals surface area contributed by atoms with Crippen LogP contribution in [0.3, 0.4) is 0 Å². The number of hydrogen-bond acceptors (Lipinski definition) is 0. The summed E-state index contributed by atoms with van der Waals surface area (Å²) < 4.78 is 5.41. The van der Waals surface area contributed by atoms with Crippen LogP contribution >= 0.6 is 0 Å². The molecule has 0 unspecified atom stereocenters. The van der Waals surface area contributed by atoms with Crippen molar-refractivity contribution >= 4 is 61.4 Å². The predicted octanol–water partition coefficient (Wildman–Crippen LogP) is 17.3. The lowest BCUT2D eigenvalue weighted by molar-refractivity contribution is 0.590. The van der Waals surface area contributed by atoms with E-state index >= 15 is 0 Å². The van der Waals surface area contributed by atoms with Crippen molar-refractivity contribution in [1.82, 2.24) is 9.05 Å². The molecule has 2 aliphatic heterocycles. The molecule has 0 spiro atoms. The molecule has 0 aliphatic carbocycles. The van der Waals surface area contributed by atoms with Crippen LogP contribution in [0.4, 0.5) is 0 Å². The summed E-state index contributed by atoms with van der Waals surface area (Å²) in [6.07, 6.45) is 0. The highest BCUT2D eigenvalue weighted by atomic mass is 15.0.